The minimum atomic E-state index is -0.897. The SMILES string of the molecule is C=C(c1cccc(C(CCI)c2c(C)cccc2C(=O)O)c1)c1ccc2ccc(Cl)cc2n1. The van der Waals surface area contributed by atoms with Crippen LogP contribution in [0.2, 0.25) is 5.02 Å². The minimum Gasteiger partial charge on any atom is -0.478 e. The zero-order valence-corrected chi connectivity index (χ0v) is 21.1. The normalized spacial score (nSPS) is 12.0. The third-order valence-electron chi connectivity index (χ3n) is 5.90. The number of carboxylic acids is 1. The van der Waals surface area contributed by atoms with Crippen molar-refractivity contribution >= 4 is 56.6 Å². The Kier molecular flexibility index (Phi) is 7.15. The number of carbonyl (C=O) groups is 1. The summed E-state index contributed by atoms with van der Waals surface area (Å²) in [6.07, 6.45) is 0.842. The number of aryl methyl sites for hydroxylation is 1. The summed E-state index contributed by atoms with van der Waals surface area (Å²) < 4.78 is 0.911. The first-order chi connectivity index (χ1) is 15.9. The maximum atomic E-state index is 12.0. The van der Waals surface area contributed by atoms with Crippen LogP contribution in [0.15, 0.2) is 79.4 Å². The van der Waals surface area contributed by atoms with Gasteiger partial charge >= 0.3 is 5.97 Å². The Balaban J connectivity index is 1.76. The van der Waals surface area contributed by atoms with E-state index in [9.17, 15) is 9.90 Å². The summed E-state index contributed by atoms with van der Waals surface area (Å²) in [5.41, 5.74) is 6.69. The van der Waals surface area contributed by atoms with Crippen LogP contribution in [-0.2, 0) is 0 Å². The smallest absolute Gasteiger partial charge is 0.335 e. The Labute approximate surface area is 212 Å². The second-order valence-electron chi connectivity index (χ2n) is 8.01. The van der Waals surface area contributed by atoms with Gasteiger partial charge in [0.15, 0.2) is 0 Å². The highest BCUT2D eigenvalue weighted by Gasteiger charge is 2.23. The number of pyridine rings is 1. The molecule has 0 spiro atoms. The van der Waals surface area contributed by atoms with Crippen LogP contribution in [0, 0.1) is 6.92 Å². The van der Waals surface area contributed by atoms with Crippen LogP contribution in [-0.4, -0.2) is 20.5 Å². The zero-order valence-electron chi connectivity index (χ0n) is 18.2. The van der Waals surface area contributed by atoms with Crippen molar-refractivity contribution in [1.82, 2.24) is 4.98 Å². The number of hydrogen-bond donors (Lipinski definition) is 1. The first-order valence-corrected chi connectivity index (χ1v) is 12.5. The van der Waals surface area contributed by atoms with E-state index in [0.717, 1.165) is 55.3 Å². The molecule has 166 valence electrons. The average Bonchev–Trinajstić information content (AvgIpc) is 2.81. The molecule has 33 heavy (non-hydrogen) atoms. The van der Waals surface area contributed by atoms with Gasteiger partial charge in [-0.1, -0.05) is 89.3 Å². The van der Waals surface area contributed by atoms with Crippen molar-refractivity contribution in [2.75, 3.05) is 4.43 Å². The summed E-state index contributed by atoms with van der Waals surface area (Å²) in [6, 6.07) is 23.3. The number of aromatic nitrogens is 1. The van der Waals surface area contributed by atoms with E-state index in [-0.39, 0.29) is 5.92 Å². The van der Waals surface area contributed by atoms with Gasteiger partial charge in [0.1, 0.15) is 0 Å². The molecule has 0 fully saturated rings. The number of carboxylic acid groups (broad SMARTS) is 1. The quantitative estimate of drug-likeness (QED) is 0.182. The van der Waals surface area contributed by atoms with Crippen molar-refractivity contribution in [1.29, 1.82) is 0 Å². The number of hydrogen-bond acceptors (Lipinski definition) is 2. The van der Waals surface area contributed by atoms with Crippen LogP contribution in [0.4, 0.5) is 0 Å². The molecular formula is C28H23ClINO2. The predicted octanol–water partition coefficient (Wildman–Crippen LogP) is 7.91. The Bertz CT molecular complexity index is 1370. The van der Waals surface area contributed by atoms with Gasteiger partial charge in [-0.25, -0.2) is 9.78 Å². The lowest BCUT2D eigenvalue weighted by Gasteiger charge is -2.22. The maximum absolute atomic E-state index is 12.0. The maximum Gasteiger partial charge on any atom is 0.335 e. The second-order valence-corrected chi connectivity index (χ2v) is 9.52. The molecule has 1 heterocycles. The molecule has 0 radical (unpaired) electrons. The van der Waals surface area contributed by atoms with E-state index >= 15 is 0 Å². The van der Waals surface area contributed by atoms with Crippen LogP contribution in [0.5, 0.6) is 0 Å². The van der Waals surface area contributed by atoms with Crippen molar-refractivity contribution in [3.8, 4) is 0 Å². The summed E-state index contributed by atoms with van der Waals surface area (Å²) in [5, 5.41) is 11.5. The minimum absolute atomic E-state index is 0.0229. The number of nitrogens with zero attached hydrogens (tertiary/aromatic N) is 1. The lowest BCUT2D eigenvalue weighted by Crippen LogP contribution is -2.11. The van der Waals surface area contributed by atoms with E-state index in [1.54, 1.807) is 12.1 Å². The number of alkyl halides is 1. The van der Waals surface area contributed by atoms with Gasteiger partial charge in [0.25, 0.3) is 0 Å². The molecule has 0 aliphatic rings. The van der Waals surface area contributed by atoms with Gasteiger partial charge in [-0.05, 0) is 59.9 Å². The molecule has 1 unspecified atom stereocenters. The number of aromatic carboxylic acids is 1. The van der Waals surface area contributed by atoms with Crippen LogP contribution in [0.25, 0.3) is 16.5 Å². The van der Waals surface area contributed by atoms with Gasteiger partial charge in [-0.3, -0.25) is 0 Å². The van der Waals surface area contributed by atoms with Crippen molar-refractivity contribution in [2.45, 2.75) is 19.3 Å². The fourth-order valence-electron chi connectivity index (χ4n) is 4.27. The number of fused-ring (bicyclic) bond motifs is 1. The van der Waals surface area contributed by atoms with Gasteiger partial charge < -0.3 is 5.11 Å². The van der Waals surface area contributed by atoms with E-state index < -0.39 is 5.97 Å². The van der Waals surface area contributed by atoms with Gasteiger partial charge in [0.2, 0.25) is 0 Å². The predicted molar refractivity (Wildman–Crippen MR) is 145 cm³/mol. The molecule has 0 bridgehead atoms. The van der Waals surface area contributed by atoms with E-state index in [0.29, 0.717) is 10.6 Å². The molecule has 1 N–H and O–H groups in total. The number of halogens is 2. The molecular weight excluding hydrogens is 545 g/mol. The molecule has 0 saturated heterocycles. The van der Waals surface area contributed by atoms with E-state index in [1.807, 2.05) is 55.5 Å². The molecule has 1 atom stereocenters. The first-order valence-electron chi connectivity index (χ1n) is 10.6. The number of benzene rings is 3. The summed E-state index contributed by atoms with van der Waals surface area (Å²) in [7, 11) is 0. The van der Waals surface area contributed by atoms with Crippen LogP contribution >= 0.6 is 34.2 Å². The van der Waals surface area contributed by atoms with Crippen molar-refractivity contribution in [3.63, 3.8) is 0 Å². The standard InChI is InChI=1S/C28H23ClINO2/c1-17-5-3-8-24(28(32)33)27(17)23(13-14-30)21-7-4-6-20(15-21)18(2)25-12-10-19-9-11-22(29)16-26(19)31-25/h3-12,15-16,23H,2,13-14H2,1H3,(H,32,33). The topological polar surface area (TPSA) is 50.2 Å². The first kappa shape index (κ1) is 23.5. The van der Waals surface area contributed by atoms with Gasteiger partial charge in [0, 0.05) is 26.3 Å². The molecule has 1 aromatic heterocycles. The molecule has 0 aliphatic carbocycles. The van der Waals surface area contributed by atoms with E-state index in [4.69, 9.17) is 16.6 Å². The molecule has 0 amide bonds. The fourth-order valence-corrected chi connectivity index (χ4v) is 5.06. The second kappa shape index (κ2) is 10.1. The van der Waals surface area contributed by atoms with Crippen LogP contribution in [0.3, 0.4) is 0 Å². The molecule has 5 heteroatoms. The molecule has 3 aromatic carbocycles. The molecule has 4 aromatic rings. The highest BCUT2D eigenvalue weighted by atomic mass is 127. The lowest BCUT2D eigenvalue weighted by molar-refractivity contribution is 0.0695. The van der Waals surface area contributed by atoms with E-state index in [2.05, 4.69) is 41.3 Å². The zero-order chi connectivity index (χ0) is 23.5. The average molecular weight is 568 g/mol. The van der Waals surface area contributed by atoms with Crippen LogP contribution in [0.1, 0.15) is 50.6 Å². The summed E-state index contributed by atoms with van der Waals surface area (Å²) in [5.74, 6) is -0.919. The monoisotopic (exact) mass is 567 g/mol. The van der Waals surface area contributed by atoms with Crippen molar-refractivity contribution < 1.29 is 9.90 Å². The summed E-state index contributed by atoms with van der Waals surface area (Å²) in [4.78, 5) is 16.7. The van der Waals surface area contributed by atoms with Crippen molar-refractivity contribution in [3.05, 3.63) is 118 Å². The molecule has 4 rings (SSSR count). The Morgan fingerprint density at radius 3 is 2.61 bits per heavy atom. The Morgan fingerprint density at radius 2 is 1.85 bits per heavy atom. The molecule has 0 saturated carbocycles. The fraction of sp³-hybridized carbons (Fsp3) is 0.143. The van der Waals surface area contributed by atoms with Gasteiger partial charge in [0.05, 0.1) is 16.8 Å². The third-order valence-corrected chi connectivity index (χ3v) is 6.76. The van der Waals surface area contributed by atoms with Gasteiger partial charge in [-0.15, -0.1) is 0 Å². The highest BCUT2D eigenvalue weighted by molar-refractivity contribution is 14.1. The summed E-state index contributed by atoms with van der Waals surface area (Å²) in [6.45, 7) is 6.30. The van der Waals surface area contributed by atoms with Gasteiger partial charge in [-0.2, -0.15) is 0 Å². The van der Waals surface area contributed by atoms with Crippen LogP contribution < -0.4 is 0 Å². The highest BCUT2D eigenvalue weighted by Crippen LogP contribution is 2.35. The Morgan fingerprint density at radius 1 is 1.09 bits per heavy atom. The number of rotatable bonds is 7. The van der Waals surface area contributed by atoms with E-state index in [1.165, 1.54) is 0 Å². The third kappa shape index (κ3) is 4.97. The Hall–Kier alpha value is -2.70. The molecule has 3 nitrogen and oxygen atoms in total. The lowest BCUT2D eigenvalue weighted by atomic mass is 9.82. The van der Waals surface area contributed by atoms with Crippen molar-refractivity contribution in [2.24, 2.45) is 0 Å². The largest absolute Gasteiger partial charge is 0.478 e. The molecule has 0 aliphatic heterocycles. The summed E-state index contributed by atoms with van der Waals surface area (Å²) >= 11 is 8.51.